The van der Waals surface area contributed by atoms with Crippen molar-refractivity contribution in [3.8, 4) is 0 Å². The summed E-state index contributed by atoms with van der Waals surface area (Å²) in [6.07, 6.45) is 8.13. The van der Waals surface area contributed by atoms with Gasteiger partial charge in [0, 0.05) is 0 Å². The Balaban J connectivity index is 2.20. The molecule has 0 spiro atoms. The van der Waals surface area contributed by atoms with Crippen molar-refractivity contribution in [2.75, 3.05) is 6.61 Å². The Labute approximate surface area is 115 Å². The number of hydrogen-bond acceptors (Lipinski definition) is 4. The molecule has 1 aliphatic rings. The summed E-state index contributed by atoms with van der Waals surface area (Å²) in [5.74, 6) is 0.353. The van der Waals surface area contributed by atoms with E-state index in [1.165, 1.54) is 19.3 Å². The van der Waals surface area contributed by atoms with Crippen LogP contribution in [-0.2, 0) is 9.47 Å². The summed E-state index contributed by atoms with van der Waals surface area (Å²) in [7, 11) is 0. The van der Waals surface area contributed by atoms with Gasteiger partial charge in [0.2, 0.25) is 0 Å². The molecule has 110 valence electrons. The summed E-state index contributed by atoms with van der Waals surface area (Å²) in [5, 5.41) is 9.97. The fourth-order valence-corrected chi connectivity index (χ4v) is 2.22. The first kappa shape index (κ1) is 16.0. The van der Waals surface area contributed by atoms with Gasteiger partial charge >= 0.3 is 6.16 Å². The summed E-state index contributed by atoms with van der Waals surface area (Å²) in [6.45, 7) is 5.50. The van der Waals surface area contributed by atoms with Gasteiger partial charge in [-0.3, -0.25) is 0 Å². The minimum Gasteiger partial charge on any atom is -0.430 e. The summed E-state index contributed by atoms with van der Waals surface area (Å²) in [4.78, 5) is 11.3. The van der Waals surface area contributed by atoms with Gasteiger partial charge in [-0.15, -0.1) is 0 Å². The third kappa shape index (κ3) is 7.21. The molecule has 0 bridgehead atoms. The predicted octanol–water partition coefficient (Wildman–Crippen LogP) is 3.44. The molecule has 19 heavy (non-hydrogen) atoms. The Hall–Kier alpha value is -1.03. The zero-order valence-electron chi connectivity index (χ0n) is 12.2. The normalized spacial score (nSPS) is 19.4. The van der Waals surface area contributed by atoms with Gasteiger partial charge in [0.05, 0.1) is 6.10 Å². The molecular weight excluding hydrogens is 244 g/mol. The Morgan fingerprint density at radius 3 is 2.53 bits per heavy atom. The van der Waals surface area contributed by atoms with Crippen LogP contribution in [0.3, 0.4) is 0 Å². The molecule has 1 N–H and O–H groups in total. The lowest BCUT2D eigenvalue weighted by Crippen LogP contribution is -2.24. The van der Waals surface area contributed by atoms with Gasteiger partial charge in [-0.05, 0) is 45.6 Å². The second-order valence-corrected chi connectivity index (χ2v) is 6.09. The fourth-order valence-electron chi connectivity index (χ4n) is 2.22. The molecule has 1 aliphatic carbocycles. The van der Waals surface area contributed by atoms with Crippen LogP contribution in [-0.4, -0.2) is 29.6 Å². The molecule has 0 aliphatic heterocycles. The van der Waals surface area contributed by atoms with Crippen LogP contribution >= 0.6 is 0 Å². The van der Waals surface area contributed by atoms with Crippen LogP contribution < -0.4 is 0 Å². The van der Waals surface area contributed by atoms with Gasteiger partial charge in [-0.1, -0.05) is 25.3 Å². The number of rotatable bonds is 4. The third-order valence-corrected chi connectivity index (χ3v) is 3.15. The second-order valence-electron chi connectivity index (χ2n) is 6.09. The molecule has 0 heterocycles. The van der Waals surface area contributed by atoms with Crippen molar-refractivity contribution in [1.29, 1.82) is 0 Å². The van der Waals surface area contributed by atoms with Gasteiger partial charge in [0.15, 0.2) is 0 Å². The average molecular weight is 270 g/mol. The van der Waals surface area contributed by atoms with E-state index in [2.05, 4.69) is 0 Å². The van der Waals surface area contributed by atoms with Crippen molar-refractivity contribution >= 4 is 6.16 Å². The highest BCUT2D eigenvalue weighted by Gasteiger charge is 2.19. The van der Waals surface area contributed by atoms with Crippen LogP contribution in [0.1, 0.15) is 52.9 Å². The highest BCUT2D eigenvalue weighted by Crippen LogP contribution is 2.26. The van der Waals surface area contributed by atoms with Crippen LogP contribution in [0, 0.1) is 5.92 Å². The van der Waals surface area contributed by atoms with Gasteiger partial charge < -0.3 is 14.6 Å². The van der Waals surface area contributed by atoms with Crippen LogP contribution in [0.4, 0.5) is 4.79 Å². The van der Waals surface area contributed by atoms with E-state index in [-0.39, 0.29) is 6.61 Å². The van der Waals surface area contributed by atoms with E-state index >= 15 is 0 Å². The van der Waals surface area contributed by atoms with Crippen molar-refractivity contribution in [2.45, 2.75) is 64.6 Å². The lowest BCUT2D eigenvalue weighted by molar-refractivity contribution is -0.00258. The maximum atomic E-state index is 11.3. The third-order valence-electron chi connectivity index (χ3n) is 3.15. The van der Waals surface area contributed by atoms with Gasteiger partial charge in [-0.2, -0.15) is 0 Å². The summed E-state index contributed by atoms with van der Waals surface area (Å²) >= 11 is 0. The average Bonchev–Trinajstić information content (AvgIpc) is 2.33. The van der Waals surface area contributed by atoms with E-state index in [9.17, 15) is 9.90 Å². The topological polar surface area (TPSA) is 55.8 Å². The molecule has 0 aromatic rings. The Kier molecular flexibility index (Phi) is 6.35. The molecule has 1 atom stereocenters. The van der Waals surface area contributed by atoms with Gasteiger partial charge in [0.1, 0.15) is 12.2 Å². The molecular formula is C15H26O4. The van der Waals surface area contributed by atoms with Crippen molar-refractivity contribution in [2.24, 2.45) is 5.92 Å². The molecule has 4 heteroatoms. The number of aliphatic hydroxyl groups is 1. The highest BCUT2D eigenvalue weighted by atomic mass is 16.7. The largest absolute Gasteiger partial charge is 0.509 e. The van der Waals surface area contributed by atoms with E-state index in [1.54, 1.807) is 32.9 Å². The van der Waals surface area contributed by atoms with Crippen molar-refractivity contribution in [3.63, 3.8) is 0 Å². The van der Waals surface area contributed by atoms with Crippen molar-refractivity contribution < 1.29 is 19.4 Å². The minimum atomic E-state index is -0.677. The molecule has 0 amide bonds. The first-order chi connectivity index (χ1) is 8.88. The number of aliphatic hydroxyl groups excluding tert-OH is 1. The zero-order chi connectivity index (χ0) is 14.3. The first-order valence-electron chi connectivity index (χ1n) is 7.09. The van der Waals surface area contributed by atoms with Crippen LogP contribution in [0.5, 0.6) is 0 Å². The predicted molar refractivity (Wildman–Crippen MR) is 73.9 cm³/mol. The SMILES string of the molecule is CC(C)(C)OC(=O)OC/C=C\[C@@H](O)C1CCCCC1. The monoisotopic (exact) mass is 270 g/mol. The molecule has 4 nitrogen and oxygen atoms in total. The number of ether oxygens (including phenoxy) is 2. The van der Waals surface area contributed by atoms with Crippen LogP contribution in [0.25, 0.3) is 0 Å². The summed E-state index contributed by atoms with van der Waals surface area (Å²) < 4.78 is 9.90. The molecule has 1 rings (SSSR count). The van der Waals surface area contributed by atoms with Crippen LogP contribution in [0.2, 0.25) is 0 Å². The van der Waals surface area contributed by atoms with E-state index in [4.69, 9.17) is 9.47 Å². The highest BCUT2D eigenvalue weighted by molar-refractivity contribution is 5.60. The second kappa shape index (κ2) is 7.53. The number of carbonyl (C=O) groups is 1. The van der Waals surface area contributed by atoms with E-state index < -0.39 is 17.9 Å². The lowest BCUT2D eigenvalue weighted by atomic mass is 9.85. The molecule has 1 saturated carbocycles. The van der Waals surface area contributed by atoms with Crippen molar-refractivity contribution in [1.82, 2.24) is 0 Å². The molecule has 0 saturated heterocycles. The Morgan fingerprint density at radius 2 is 1.95 bits per heavy atom. The quantitative estimate of drug-likeness (QED) is 0.628. The fraction of sp³-hybridized carbons (Fsp3) is 0.800. The minimum absolute atomic E-state index is 0.138. The zero-order valence-corrected chi connectivity index (χ0v) is 12.2. The molecule has 0 unspecified atom stereocenters. The standard InChI is InChI=1S/C15H26O4/c1-15(2,3)19-14(17)18-11-7-10-13(16)12-8-5-4-6-9-12/h7,10,12-13,16H,4-6,8-9,11H2,1-3H3/b10-7-/t13-/m1/s1. The van der Waals surface area contributed by atoms with Crippen LogP contribution in [0.15, 0.2) is 12.2 Å². The van der Waals surface area contributed by atoms with Crippen molar-refractivity contribution in [3.05, 3.63) is 12.2 Å². The van der Waals surface area contributed by atoms with Gasteiger partial charge in [0.25, 0.3) is 0 Å². The number of hydrogen-bond donors (Lipinski definition) is 1. The van der Waals surface area contributed by atoms with E-state index in [0.717, 1.165) is 12.8 Å². The molecule has 0 aromatic heterocycles. The molecule has 1 fully saturated rings. The molecule has 0 radical (unpaired) electrons. The molecule has 0 aromatic carbocycles. The lowest BCUT2D eigenvalue weighted by Gasteiger charge is -2.24. The summed E-state index contributed by atoms with van der Waals surface area (Å²) in [6, 6.07) is 0. The van der Waals surface area contributed by atoms with E-state index in [0.29, 0.717) is 5.92 Å². The van der Waals surface area contributed by atoms with Gasteiger partial charge in [-0.25, -0.2) is 4.79 Å². The Bertz CT molecular complexity index is 298. The maximum absolute atomic E-state index is 11.3. The van der Waals surface area contributed by atoms with E-state index in [1.807, 2.05) is 0 Å². The number of carbonyl (C=O) groups excluding carboxylic acids is 1. The maximum Gasteiger partial charge on any atom is 0.509 e. The Morgan fingerprint density at radius 1 is 1.32 bits per heavy atom. The first-order valence-corrected chi connectivity index (χ1v) is 7.09. The smallest absolute Gasteiger partial charge is 0.430 e. The summed E-state index contributed by atoms with van der Waals surface area (Å²) in [5.41, 5.74) is -0.539.